The molecule has 2 heterocycles. The lowest BCUT2D eigenvalue weighted by Crippen LogP contribution is -2.28. The van der Waals surface area contributed by atoms with E-state index in [0.29, 0.717) is 25.5 Å². The third-order valence-corrected chi connectivity index (χ3v) is 7.52. The molecule has 3 amide bonds. The maximum absolute atomic E-state index is 12.3. The van der Waals surface area contributed by atoms with Gasteiger partial charge in [0.05, 0.1) is 15.8 Å². The lowest BCUT2D eigenvalue weighted by atomic mass is 10.1. The summed E-state index contributed by atoms with van der Waals surface area (Å²) in [6, 6.07) is 27.2. The molecule has 5 aromatic rings. The number of fused-ring (bicyclic) bond motifs is 1. The first-order valence-corrected chi connectivity index (χ1v) is 14.5. The Hall–Kier alpha value is -5.20. The van der Waals surface area contributed by atoms with Crippen molar-refractivity contribution in [3.8, 4) is 22.3 Å². The van der Waals surface area contributed by atoms with Crippen LogP contribution in [0, 0.1) is 11.8 Å². The Morgan fingerprint density at radius 1 is 0.857 bits per heavy atom. The fourth-order valence-corrected chi connectivity index (χ4v) is 5.44. The van der Waals surface area contributed by atoms with Gasteiger partial charge in [0.15, 0.2) is 0 Å². The van der Waals surface area contributed by atoms with Crippen LogP contribution >= 0.6 is 11.3 Å². The van der Waals surface area contributed by atoms with Gasteiger partial charge in [-0.2, -0.15) is 0 Å². The van der Waals surface area contributed by atoms with E-state index in [1.165, 1.54) is 11.3 Å². The van der Waals surface area contributed by atoms with Crippen LogP contribution in [0.15, 0.2) is 91.3 Å². The molecule has 0 saturated heterocycles. The predicted octanol–water partition coefficient (Wildman–Crippen LogP) is 5.82. The third-order valence-electron chi connectivity index (χ3n) is 6.38. The number of rotatable bonds is 9. The van der Waals surface area contributed by atoms with Crippen LogP contribution in [-0.2, 0) is 17.8 Å². The lowest BCUT2D eigenvalue weighted by molar-refractivity contribution is -0.115. The molecule has 210 valence electrons. The van der Waals surface area contributed by atoms with Gasteiger partial charge in [-0.15, -0.1) is 11.3 Å². The molecule has 0 aliphatic heterocycles. The first kappa shape index (κ1) is 28.3. The van der Waals surface area contributed by atoms with E-state index in [1.54, 1.807) is 6.33 Å². The van der Waals surface area contributed by atoms with Crippen molar-refractivity contribution in [3.05, 3.63) is 108 Å². The summed E-state index contributed by atoms with van der Waals surface area (Å²) in [4.78, 5) is 35.2. The monoisotopic (exact) mass is 574 g/mol. The number of hydrogen-bond acceptors (Lipinski definition) is 6. The Kier molecular flexibility index (Phi) is 9.39. The van der Waals surface area contributed by atoms with Crippen LogP contribution in [-0.4, -0.2) is 35.0 Å². The first-order chi connectivity index (χ1) is 20.6. The molecule has 0 aliphatic rings. The zero-order valence-corrected chi connectivity index (χ0v) is 23.9. The Bertz CT molecular complexity index is 1730. The van der Waals surface area contributed by atoms with Crippen LogP contribution in [0.25, 0.3) is 20.7 Å². The standard InChI is InChI=1S/C33H30N6O2S/c1-2-34-28(40)18-17-27-29-31(37-22-38-32(29)42-30(27)25-11-7-4-8-12-25)35-20-19-23-13-15-26(16-14-23)39-33(41)36-21-24-9-5-3-6-10-24/h3-16,22H,2,19-21H2,1H3,(H,34,40)(H,35,37,38)(H2,36,39,41). The highest BCUT2D eigenvalue weighted by atomic mass is 32.1. The third kappa shape index (κ3) is 7.30. The molecule has 3 aromatic carbocycles. The number of carbonyl (C=O) groups is 2. The SMILES string of the molecule is CCNC(=O)C#Cc1c(-c2ccccc2)sc2ncnc(NCCc3ccc(NC(=O)NCc4ccccc4)cc3)c12. The van der Waals surface area contributed by atoms with Crippen LogP contribution in [0.4, 0.5) is 16.3 Å². The fraction of sp³-hybridized carbons (Fsp3) is 0.152. The van der Waals surface area contributed by atoms with Crippen molar-refractivity contribution >= 4 is 45.0 Å². The van der Waals surface area contributed by atoms with Crippen molar-refractivity contribution in [2.45, 2.75) is 19.9 Å². The van der Waals surface area contributed by atoms with Gasteiger partial charge in [0, 0.05) is 31.2 Å². The van der Waals surface area contributed by atoms with Crippen LogP contribution < -0.4 is 21.3 Å². The highest BCUT2D eigenvalue weighted by molar-refractivity contribution is 7.22. The van der Waals surface area contributed by atoms with E-state index >= 15 is 0 Å². The summed E-state index contributed by atoms with van der Waals surface area (Å²) in [5.41, 5.74) is 4.60. The van der Waals surface area contributed by atoms with E-state index in [2.05, 4.69) is 43.1 Å². The Balaban J connectivity index is 1.26. The summed E-state index contributed by atoms with van der Waals surface area (Å²) < 4.78 is 0. The maximum atomic E-state index is 12.3. The van der Waals surface area contributed by atoms with Gasteiger partial charge < -0.3 is 21.3 Å². The molecule has 0 bridgehead atoms. The van der Waals surface area contributed by atoms with Crippen molar-refractivity contribution < 1.29 is 9.59 Å². The fourth-order valence-electron chi connectivity index (χ4n) is 4.34. The van der Waals surface area contributed by atoms with Crippen molar-refractivity contribution in [1.82, 2.24) is 20.6 Å². The van der Waals surface area contributed by atoms with Crippen molar-refractivity contribution in [2.24, 2.45) is 0 Å². The van der Waals surface area contributed by atoms with Gasteiger partial charge in [0.25, 0.3) is 5.91 Å². The van der Waals surface area contributed by atoms with E-state index in [-0.39, 0.29) is 11.9 Å². The molecule has 0 radical (unpaired) electrons. The average Bonchev–Trinajstić information content (AvgIpc) is 3.40. The number of nitrogens with zero attached hydrogens (tertiary/aromatic N) is 2. The van der Waals surface area contributed by atoms with E-state index < -0.39 is 0 Å². The largest absolute Gasteiger partial charge is 0.369 e. The van der Waals surface area contributed by atoms with Crippen LogP contribution in [0.1, 0.15) is 23.6 Å². The van der Waals surface area contributed by atoms with E-state index in [4.69, 9.17) is 0 Å². The molecule has 9 heteroatoms. The van der Waals surface area contributed by atoms with Crippen LogP contribution in [0.2, 0.25) is 0 Å². The molecule has 42 heavy (non-hydrogen) atoms. The number of carbonyl (C=O) groups excluding carboxylic acids is 2. The molecule has 4 N–H and O–H groups in total. The van der Waals surface area contributed by atoms with Crippen molar-refractivity contribution in [3.63, 3.8) is 0 Å². The first-order valence-electron chi connectivity index (χ1n) is 13.6. The molecule has 2 aromatic heterocycles. The number of urea groups is 1. The van der Waals surface area contributed by atoms with E-state index in [9.17, 15) is 9.59 Å². The second kappa shape index (κ2) is 13.9. The highest BCUT2D eigenvalue weighted by Gasteiger charge is 2.18. The van der Waals surface area contributed by atoms with Crippen LogP contribution in [0.5, 0.6) is 0 Å². The zero-order valence-electron chi connectivity index (χ0n) is 23.1. The Labute approximate surface area is 248 Å². The minimum Gasteiger partial charge on any atom is -0.369 e. The van der Waals surface area contributed by atoms with E-state index in [1.807, 2.05) is 91.9 Å². The number of benzene rings is 3. The average molecular weight is 575 g/mol. The lowest BCUT2D eigenvalue weighted by Gasteiger charge is -2.10. The number of aromatic nitrogens is 2. The highest BCUT2D eigenvalue weighted by Crippen LogP contribution is 2.39. The molecule has 0 atom stereocenters. The number of anilines is 2. The van der Waals surface area contributed by atoms with Crippen molar-refractivity contribution in [1.29, 1.82) is 0 Å². The smallest absolute Gasteiger partial charge is 0.319 e. The molecule has 0 unspecified atom stereocenters. The summed E-state index contributed by atoms with van der Waals surface area (Å²) >= 11 is 1.53. The predicted molar refractivity (Wildman–Crippen MR) is 169 cm³/mol. The molecule has 0 spiro atoms. The molecular formula is C33H30N6O2S. The number of nitrogens with one attached hydrogen (secondary N) is 4. The summed E-state index contributed by atoms with van der Waals surface area (Å²) in [5.74, 6) is 6.17. The summed E-state index contributed by atoms with van der Waals surface area (Å²) in [6.45, 7) is 3.45. The second-order valence-corrected chi connectivity index (χ2v) is 10.4. The Morgan fingerprint density at radius 3 is 2.33 bits per heavy atom. The minimum absolute atomic E-state index is 0.252. The van der Waals surface area contributed by atoms with Gasteiger partial charge in [0.1, 0.15) is 17.0 Å². The molecule has 5 rings (SSSR count). The van der Waals surface area contributed by atoms with Gasteiger partial charge in [-0.25, -0.2) is 14.8 Å². The normalized spacial score (nSPS) is 10.4. The number of thiophene rings is 1. The minimum atomic E-state index is -0.325. The van der Waals surface area contributed by atoms with E-state index in [0.717, 1.165) is 49.5 Å². The van der Waals surface area contributed by atoms with Crippen molar-refractivity contribution in [2.75, 3.05) is 23.7 Å². The quantitative estimate of drug-likeness (QED) is 0.166. The van der Waals surface area contributed by atoms with Gasteiger partial charge in [-0.1, -0.05) is 78.7 Å². The number of amides is 3. The molecular weight excluding hydrogens is 544 g/mol. The summed E-state index contributed by atoms with van der Waals surface area (Å²) in [6.07, 6.45) is 2.28. The maximum Gasteiger partial charge on any atom is 0.319 e. The zero-order chi connectivity index (χ0) is 29.1. The number of hydrogen-bond donors (Lipinski definition) is 4. The van der Waals surface area contributed by atoms with Gasteiger partial charge in [0.2, 0.25) is 0 Å². The van der Waals surface area contributed by atoms with Gasteiger partial charge >= 0.3 is 6.03 Å². The van der Waals surface area contributed by atoms with Gasteiger partial charge in [-0.3, -0.25) is 4.79 Å². The molecule has 8 nitrogen and oxygen atoms in total. The molecule has 0 fully saturated rings. The molecule has 0 aliphatic carbocycles. The van der Waals surface area contributed by atoms with Gasteiger partial charge in [-0.05, 0) is 42.2 Å². The molecule has 0 saturated carbocycles. The second-order valence-electron chi connectivity index (χ2n) is 9.35. The Morgan fingerprint density at radius 2 is 1.60 bits per heavy atom. The topological polar surface area (TPSA) is 108 Å². The summed E-state index contributed by atoms with van der Waals surface area (Å²) in [7, 11) is 0. The summed E-state index contributed by atoms with van der Waals surface area (Å²) in [5, 5.41) is 12.7. The van der Waals surface area contributed by atoms with Crippen LogP contribution in [0.3, 0.4) is 0 Å².